The molecule has 0 radical (unpaired) electrons. The van der Waals surface area contributed by atoms with Gasteiger partial charge in [0.25, 0.3) is 0 Å². The zero-order valence-corrected chi connectivity index (χ0v) is 11.6. The standard InChI is InChI=1S/C16H19NO2/c1-11(2)17-14(8-9-15(17)16(18)19)10-13-6-4-12(3)5-7-13/h4-9,11H,10H2,1-3H3,(H,18,19). The summed E-state index contributed by atoms with van der Waals surface area (Å²) in [5.41, 5.74) is 3.82. The van der Waals surface area contributed by atoms with Gasteiger partial charge in [0.15, 0.2) is 0 Å². The molecule has 0 aliphatic carbocycles. The van der Waals surface area contributed by atoms with Crippen LogP contribution in [0.2, 0.25) is 0 Å². The lowest BCUT2D eigenvalue weighted by atomic mass is 10.1. The summed E-state index contributed by atoms with van der Waals surface area (Å²) in [6.45, 7) is 6.07. The summed E-state index contributed by atoms with van der Waals surface area (Å²) in [4.78, 5) is 11.2. The Balaban J connectivity index is 2.35. The van der Waals surface area contributed by atoms with Gasteiger partial charge in [0.2, 0.25) is 0 Å². The molecule has 1 heterocycles. The predicted molar refractivity (Wildman–Crippen MR) is 75.8 cm³/mol. The summed E-state index contributed by atoms with van der Waals surface area (Å²) in [6.07, 6.45) is 0.756. The second-order valence-corrected chi connectivity index (χ2v) is 5.14. The number of carboxylic acid groups (broad SMARTS) is 1. The molecule has 1 aromatic carbocycles. The third-order valence-corrected chi connectivity index (χ3v) is 3.24. The van der Waals surface area contributed by atoms with Crippen molar-refractivity contribution in [3.63, 3.8) is 0 Å². The minimum atomic E-state index is -0.871. The Bertz CT molecular complexity index is 579. The van der Waals surface area contributed by atoms with Crippen LogP contribution in [0.15, 0.2) is 36.4 Å². The Morgan fingerprint density at radius 3 is 2.32 bits per heavy atom. The fourth-order valence-corrected chi connectivity index (χ4v) is 2.33. The van der Waals surface area contributed by atoms with E-state index < -0.39 is 5.97 Å². The van der Waals surface area contributed by atoms with E-state index in [0.717, 1.165) is 12.1 Å². The van der Waals surface area contributed by atoms with Gasteiger partial charge >= 0.3 is 5.97 Å². The minimum absolute atomic E-state index is 0.140. The quantitative estimate of drug-likeness (QED) is 0.908. The first-order valence-corrected chi connectivity index (χ1v) is 6.48. The fraction of sp³-hybridized carbons (Fsp3) is 0.312. The van der Waals surface area contributed by atoms with Crippen LogP contribution in [0.1, 0.15) is 47.2 Å². The molecule has 0 fully saturated rings. The molecule has 0 saturated carbocycles. The number of benzene rings is 1. The lowest BCUT2D eigenvalue weighted by Gasteiger charge is -2.15. The zero-order chi connectivity index (χ0) is 14.0. The van der Waals surface area contributed by atoms with Crippen molar-refractivity contribution in [1.29, 1.82) is 0 Å². The molecule has 19 heavy (non-hydrogen) atoms. The summed E-state index contributed by atoms with van der Waals surface area (Å²) in [5, 5.41) is 9.21. The Labute approximate surface area is 113 Å². The first kappa shape index (κ1) is 13.4. The van der Waals surface area contributed by atoms with Crippen molar-refractivity contribution in [1.82, 2.24) is 4.57 Å². The van der Waals surface area contributed by atoms with Gasteiger partial charge < -0.3 is 9.67 Å². The van der Waals surface area contributed by atoms with E-state index in [4.69, 9.17) is 0 Å². The van der Waals surface area contributed by atoms with E-state index in [1.165, 1.54) is 11.1 Å². The lowest BCUT2D eigenvalue weighted by Crippen LogP contribution is -2.13. The van der Waals surface area contributed by atoms with E-state index in [-0.39, 0.29) is 6.04 Å². The van der Waals surface area contributed by atoms with Crippen LogP contribution in [-0.4, -0.2) is 15.6 Å². The van der Waals surface area contributed by atoms with Gasteiger partial charge in [-0.15, -0.1) is 0 Å². The number of carboxylic acids is 1. The molecular formula is C16H19NO2. The van der Waals surface area contributed by atoms with Gasteiger partial charge in [0.1, 0.15) is 5.69 Å². The van der Waals surface area contributed by atoms with E-state index in [0.29, 0.717) is 5.69 Å². The number of aromatic nitrogens is 1. The highest BCUT2D eigenvalue weighted by atomic mass is 16.4. The molecule has 0 bridgehead atoms. The Morgan fingerprint density at radius 2 is 1.79 bits per heavy atom. The van der Waals surface area contributed by atoms with Crippen LogP contribution in [-0.2, 0) is 6.42 Å². The molecule has 100 valence electrons. The summed E-state index contributed by atoms with van der Waals surface area (Å²) in [7, 11) is 0. The molecule has 0 unspecified atom stereocenters. The van der Waals surface area contributed by atoms with Crippen LogP contribution in [0.5, 0.6) is 0 Å². The molecule has 0 aliphatic rings. The second-order valence-electron chi connectivity index (χ2n) is 5.14. The maximum Gasteiger partial charge on any atom is 0.352 e. The number of hydrogen-bond donors (Lipinski definition) is 1. The van der Waals surface area contributed by atoms with E-state index in [9.17, 15) is 9.90 Å². The zero-order valence-electron chi connectivity index (χ0n) is 11.6. The van der Waals surface area contributed by atoms with Crippen molar-refractivity contribution < 1.29 is 9.90 Å². The minimum Gasteiger partial charge on any atom is -0.477 e. The highest BCUT2D eigenvalue weighted by Gasteiger charge is 2.16. The summed E-state index contributed by atoms with van der Waals surface area (Å²) in [5.74, 6) is -0.871. The molecule has 0 aliphatic heterocycles. The molecule has 0 saturated heterocycles. The van der Waals surface area contributed by atoms with Crippen molar-refractivity contribution in [3.05, 3.63) is 58.9 Å². The summed E-state index contributed by atoms with van der Waals surface area (Å²) >= 11 is 0. The number of nitrogens with zero attached hydrogens (tertiary/aromatic N) is 1. The lowest BCUT2D eigenvalue weighted by molar-refractivity contribution is 0.0683. The monoisotopic (exact) mass is 257 g/mol. The number of rotatable bonds is 4. The summed E-state index contributed by atoms with van der Waals surface area (Å²) < 4.78 is 1.89. The smallest absolute Gasteiger partial charge is 0.352 e. The first-order chi connectivity index (χ1) is 8.99. The van der Waals surface area contributed by atoms with Gasteiger partial charge in [-0.3, -0.25) is 0 Å². The van der Waals surface area contributed by atoms with Crippen LogP contribution in [0.25, 0.3) is 0 Å². The van der Waals surface area contributed by atoms with Crippen LogP contribution < -0.4 is 0 Å². The molecule has 0 amide bonds. The van der Waals surface area contributed by atoms with Gasteiger partial charge in [-0.25, -0.2) is 4.79 Å². The van der Waals surface area contributed by atoms with E-state index in [2.05, 4.69) is 31.2 Å². The molecule has 0 atom stereocenters. The second kappa shape index (κ2) is 5.31. The van der Waals surface area contributed by atoms with Gasteiger partial charge in [-0.05, 0) is 38.5 Å². The van der Waals surface area contributed by atoms with Crippen LogP contribution >= 0.6 is 0 Å². The topological polar surface area (TPSA) is 42.2 Å². The van der Waals surface area contributed by atoms with Crippen LogP contribution in [0.4, 0.5) is 0 Å². The molecule has 3 heteroatoms. The van der Waals surface area contributed by atoms with Gasteiger partial charge in [0, 0.05) is 18.2 Å². The number of hydrogen-bond acceptors (Lipinski definition) is 1. The normalized spacial score (nSPS) is 10.9. The largest absolute Gasteiger partial charge is 0.477 e. The molecule has 3 nitrogen and oxygen atoms in total. The molecular weight excluding hydrogens is 238 g/mol. The van der Waals surface area contributed by atoms with Crippen molar-refractivity contribution >= 4 is 5.97 Å². The molecule has 1 N–H and O–H groups in total. The highest BCUT2D eigenvalue weighted by molar-refractivity contribution is 5.86. The molecule has 0 spiro atoms. The van der Waals surface area contributed by atoms with Crippen molar-refractivity contribution in [3.8, 4) is 0 Å². The fourth-order valence-electron chi connectivity index (χ4n) is 2.33. The van der Waals surface area contributed by atoms with Gasteiger partial charge in [-0.2, -0.15) is 0 Å². The highest BCUT2D eigenvalue weighted by Crippen LogP contribution is 2.19. The third-order valence-electron chi connectivity index (χ3n) is 3.24. The van der Waals surface area contributed by atoms with Crippen LogP contribution in [0.3, 0.4) is 0 Å². The average Bonchev–Trinajstić information content (AvgIpc) is 2.76. The maximum atomic E-state index is 11.2. The average molecular weight is 257 g/mol. The predicted octanol–water partition coefficient (Wildman–Crippen LogP) is 3.67. The number of carbonyl (C=O) groups is 1. The Morgan fingerprint density at radius 1 is 1.16 bits per heavy atom. The van der Waals surface area contributed by atoms with E-state index >= 15 is 0 Å². The maximum absolute atomic E-state index is 11.2. The van der Waals surface area contributed by atoms with E-state index in [1.54, 1.807) is 6.07 Å². The summed E-state index contributed by atoms with van der Waals surface area (Å²) in [6, 6.07) is 12.1. The Kier molecular flexibility index (Phi) is 3.74. The SMILES string of the molecule is Cc1ccc(Cc2ccc(C(=O)O)n2C(C)C)cc1. The number of aromatic carboxylic acids is 1. The van der Waals surface area contributed by atoms with Crippen molar-refractivity contribution in [2.75, 3.05) is 0 Å². The molecule has 2 aromatic rings. The van der Waals surface area contributed by atoms with E-state index in [1.807, 2.05) is 24.5 Å². The van der Waals surface area contributed by atoms with Gasteiger partial charge in [0.05, 0.1) is 0 Å². The molecule has 1 aromatic heterocycles. The van der Waals surface area contributed by atoms with Crippen molar-refractivity contribution in [2.45, 2.75) is 33.2 Å². The molecule has 2 rings (SSSR count). The first-order valence-electron chi connectivity index (χ1n) is 6.48. The van der Waals surface area contributed by atoms with Gasteiger partial charge in [-0.1, -0.05) is 29.8 Å². The Hall–Kier alpha value is -2.03. The van der Waals surface area contributed by atoms with Crippen LogP contribution in [0, 0.1) is 6.92 Å². The third kappa shape index (κ3) is 2.87. The number of aryl methyl sites for hydroxylation is 1. The van der Waals surface area contributed by atoms with Crippen molar-refractivity contribution in [2.24, 2.45) is 0 Å².